The summed E-state index contributed by atoms with van der Waals surface area (Å²) in [7, 11) is 3.12. The van der Waals surface area contributed by atoms with Gasteiger partial charge in [0.05, 0.1) is 14.2 Å². The van der Waals surface area contributed by atoms with Crippen molar-refractivity contribution in [3.05, 3.63) is 34.8 Å². The first-order valence-electron chi connectivity index (χ1n) is 6.14. The molecule has 2 aromatic rings. The predicted molar refractivity (Wildman–Crippen MR) is 81.9 cm³/mol. The Morgan fingerprint density at radius 1 is 1.29 bits per heavy atom. The van der Waals surface area contributed by atoms with E-state index in [1.807, 2.05) is 19.1 Å². The minimum atomic E-state index is -0.281. The van der Waals surface area contributed by atoms with Gasteiger partial charge in [0, 0.05) is 11.6 Å². The van der Waals surface area contributed by atoms with Crippen LogP contribution in [0.25, 0.3) is 6.08 Å². The van der Waals surface area contributed by atoms with E-state index in [1.54, 1.807) is 26.4 Å². The van der Waals surface area contributed by atoms with Crippen LogP contribution in [0.1, 0.15) is 10.6 Å². The molecule has 0 aliphatic rings. The number of nitrogens with zero attached hydrogens (tertiary/aromatic N) is 2. The third-order valence-electron chi connectivity index (χ3n) is 2.60. The summed E-state index contributed by atoms with van der Waals surface area (Å²) in [4.78, 5) is 11.8. The molecule has 0 unspecified atom stereocenters. The number of hydrogen-bond acceptors (Lipinski definition) is 6. The fourth-order valence-corrected chi connectivity index (χ4v) is 2.30. The van der Waals surface area contributed by atoms with Gasteiger partial charge in [-0.15, -0.1) is 10.2 Å². The van der Waals surface area contributed by atoms with Crippen molar-refractivity contribution >= 4 is 28.5 Å². The van der Waals surface area contributed by atoms with Crippen LogP contribution in [0.2, 0.25) is 0 Å². The van der Waals surface area contributed by atoms with Crippen LogP contribution in [0.5, 0.6) is 11.5 Å². The van der Waals surface area contributed by atoms with E-state index in [-0.39, 0.29) is 5.91 Å². The number of methoxy groups -OCH3 is 2. The lowest BCUT2D eigenvalue weighted by molar-refractivity contribution is -0.111. The Balaban J connectivity index is 2.12. The number of nitrogens with one attached hydrogen (secondary N) is 1. The van der Waals surface area contributed by atoms with Gasteiger partial charge in [0.1, 0.15) is 5.01 Å². The van der Waals surface area contributed by atoms with Crippen LogP contribution in [0.4, 0.5) is 5.13 Å². The highest BCUT2D eigenvalue weighted by atomic mass is 32.1. The van der Waals surface area contributed by atoms with Crippen molar-refractivity contribution < 1.29 is 14.3 Å². The molecule has 1 heterocycles. The Morgan fingerprint density at radius 2 is 2.10 bits per heavy atom. The number of anilines is 1. The van der Waals surface area contributed by atoms with E-state index in [9.17, 15) is 4.79 Å². The van der Waals surface area contributed by atoms with Crippen LogP contribution in [0.15, 0.2) is 24.3 Å². The van der Waals surface area contributed by atoms with Crippen LogP contribution in [0.3, 0.4) is 0 Å². The number of hydrogen-bond donors (Lipinski definition) is 1. The van der Waals surface area contributed by atoms with E-state index < -0.39 is 0 Å². The minimum Gasteiger partial charge on any atom is -0.493 e. The Morgan fingerprint density at radius 3 is 2.71 bits per heavy atom. The molecule has 0 saturated carbocycles. The third-order valence-corrected chi connectivity index (χ3v) is 3.36. The molecule has 21 heavy (non-hydrogen) atoms. The maximum Gasteiger partial charge on any atom is 0.250 e. The highest BCUT2D eigenvalue weighted by Gasteiger charge is 2.08. The first-order chi connectivity index (χ1) is 10.1. The van der Waals surface area contributed by atoms with Gasteiger partial charge in [-0.1, -0.05) is 23.5 Å². The lowest BCUT2D eigenvalue weighted by atomic mass is 10.1. The number of para-hydroxylation sites is 1. The first kappa shape index (κ1) is 15.0. The summed E-state index contributed by atoms with van der Waals surface area (Å²) in [5.74, 6) is 0.909. The quantitative estimate of drug-likeness (QED) is 0.859. The largest absolute Gasteiger partial charge is 0.493 e. The monoisotopic (exact) mass is 305 g/mol. The first-order valence-corrected chi connectivity index (χ1v) is 6.96. The molecular formula is C14H15N3O3S. The van der Waals surface area contributed by atoms with E-state index in [4.69, 9.17) is 9.47 Å². The molecule has 0 aliphatic carbocycles. The Labute approximate surface area is 126 Å². The summed E-state index contributed by atoms with van der Waals surface area (Å²) in [6.07, 6.45) is 3.07. The number of carbonyl (C=O) groups is 1. The molecule has 110 valence electrons. The highest BCUT2D eigenvalue weighted by Crippen LogP contribution is 2.31. The summed E-state index contributed by atoms with van der Waals surface area (Å²) in [5.41, 5.74) is 0.750. The van der Waals surface area contributed by atoms with Crippen LogP contribution in [-0.2, 0) is 4.79 Å². The van der Waals surface area contributed by atoms with Gasteiger partial charge in [-0.25, -0.2) is 0 Å². The molecule has 2 rings (SSSR count). The van der Waals surface area contributed by atoms with Crippen molar-refractivity contribution in [1.82, 2.24) is 10.2 Å². The summed E-state index contributed by atoms with van der Waals surface area (Å²) in [6.45, 7) is 1.82. The number of ether oxygens (including phenoxy) is 2. The Kier molecular flexibility index (Phi) is 4.89. The van der Waals surface area contributed by atoms with Crippen LogP contribution in [-0.4, -0.2) is 30.3 Å². The van der Waals surface area contributed by atoms with E-state index in [1.165, 1.54) is 17.4 Å². The molecule has 0 atom stereocenters. The van der Waals surface area contributed by atoms with Crippen molar-refractivity contribution in [3.8, 4) is 11.5 Å². The zero-order valence-corrected chi connectivity index (χ0v) is 12.7. The lowest BCUT2D eigenvalue weighted by Gasteiger charge is -2.09. The smallest absolute Gasteiger partial charge is 0.250 e. The fourth-order valence-electron chi connectivity index (χ4n) is 1.70. The average molecular weight is 305 g/mol. The number of aromatic nitrogens is 2. The van der Waals surface area contributed by atoms with Crippen molar-refractivity contribution in [1.29, 1.82) is 0 Å². The third kappa shape index (κ3) is 3.79. The maximum atomic E-state index is 11.8. The fraction of sp³-hybridized carbons (Fsp3) is 0.214. The maximum absolute atomic E-state index is 11.8. The van der Waals surface area contributed by atoms with E-state index in [2.05, 4.69) is 15.5 Å². The molecule has 6 nitrogen and oxygen atoms in total. The van der Waals surface area contributed by atoms with E-state index >= 15 is 0 Å². The number of rotatable bonds is 5. The zero-order chi connectivity index (χ0) is 15.2. The van der Waals surface area contributed by atoms with Crippen LogP contribution >= 0.6 is 11.3 Å². The van der Waals surface area contributed by atoms with Gasteiger partial charge in [-0.05, 0) is 19.1 Å². The summed E-state index contributed by atoms with van der Waals surface area (Å²) in [6, 6.07) is 5.45. The van der Waals surface area contributed by atoms with Crippen LogP contribution < -0.4 is 14.8 Å². The van der Waals surface area contributed by atoms with Gasteiger partial charge < -0.3 is 9.47 Å². The van der Waals surface area contributed by atoms with Crippen molar-refractivity contribution in [2.24, 2.45) is 0 Å². The number of carbonyl (C=O) groups excluding carboxylic acids is 1. The number of amides is 1. The average Bonchev–Trinajstić information content (AvgIpc) is 2.89. The highest BCUT2D eigenvalue weighted by molar-refractivity contribution is 7.15. The molecule has 0 bridgehead atoms. The molecule has 0 saturated heterocycles. The molecule has 1 aromatic heterocycles. The molecule has 7 heteroatoms. The van der Waals surface area contributed by atoms with Gasteiger partial charge >= 0.3 is 0 Å². The summed E-state index contributed by atoms with van der Waals surface area (Å²) < 4.78 is 10.5. The standard InChI is InChI=1S/C14H15N3O3S/c1-9-16-17-14(21-9)15-12(18)8-7-10-5-4-6-11(19-2)13(10)20-3/h4-8H,1-3H3,(H,15,17,18). The second-order valence-corrected chi connectivity index (χ2v) is 5.21. The molecule has 1 N–H and O–H groups in total. The van der Waals surface area contributed by atoms with Gasteiger partial charge in [-0.3, -0.25) is 10.1 Å². The minimum absolute atomic E-state index is 0.281. The van der Waals surface area contributed by atoms with Gasteiger partial charge in [-0.2, -0.15) is 0 Å². The van der Waals surface area contributed by atoms with Crippen LogP contribution in [0, 0.1) is 6.92 Å². The Hall–Kier alpha value is -2.41. The molecule has 0 fully saturated rings. The zero-order valence-electron chi connectivity index (χ0n) is 11.9. The van der Waals surface area contributed by atoms with E-state index in [0.717, 1.165) is 10.6 Å². The van der Waals surface area contributed by atoms with E-state index in [0.29, 0.717) is 16.6 Å². The summed E-state index contributed by atoms with van der Waals surface area (Å²) in [5, 5.41) is 11.6. The molecule has 0 spiro atoms. The van der Waals surface area contributed by atoms with Crippen molar-refractivity contribution in [3.63, 3.8) is 0 Å². The predicted octanol–water partition coefficient (Wildman–Crippen LogP) is 2.52. The number of benzene rings is 1. The van der Waals surface area contributed by atoms with Gasteiger partial charge in [0.15, 0.2) is 11.5 Å². The molecule has 1 aromatic carbocycles. The second kappa shape index (κ2) is 6.85. The lowest BCUT2D eigenvalue weighted by Crippen LogP contribution is -2.07. The van der Waals surface area contributed by atoms with Gasteiger partial charge in [0.2, 0.25) is 11.0 Å². The normalized spacial score (nSPS) is 10.6. The second-order valence-electron chi connectivity index (χ2n) is 4.03. The summed E-state index contributed by atoms with van der Waals surface area (Å²) >= 11 is 1.32. The molecule has 0 radical (unpaired) electrons. The molecule has 0 aliphatic heterocycles. The number of aryl methyl sites for hydroxylation is 1. The Bertz CT molecular complexity index is 667. The van der Waals surface area contributed by atoms with Gasteiger partial charge in [0.25, 0.3) is 0 Å². The molecule has 1 amide bonds. The van der Waals surface area contributed by atoms with Crippen molar-refractivity contribution in [2.45, 2.75) is 6.92 Å². The topological polar surface area (TPSA) is 73.3 Å². The SMILES string of the molecule is COc1cccc(C=CC(=O)Nc2nnc(C)s2)c1OC. The van der Waals surface area contributed by atoms with Crippen molar-refractivity contribution in [2.75, 3.05) is 19.5 Å². The molecular weight excluding hydrogens is 290 g/mol.